The molecule has 3 nitrogen and oxygen atoms in total. The van der Waals surface area contributed by atoms with Crippen molar-refractivity contribution in [3.63, 3.8) is 0 Å². The van der Waals surface area contributed by atoms with Crippen LogP contribution < -0.4 is 5.73 Å². The Hall–Kier alpha value is -2.52. The molecular weight excluding hydrogens is 186 g/mol. The Morgan fingerprint density at radius 3 is 2.33 bits per heavy atom. The fourth-order valence-corrected chi connectivity index (χ4v) is 1.61. The molecule has 0 saturated heterocycles. The van der Waals surface area contributed by atoms with Crippen molar-refractivity contribution >= 4 is 16.5 Å². The summed E-state index contributed by atoms with van der Waals surface area (Å²) in [4.78, 5) is 0. The molecule has 0 fully saturated rings. The Labute approximate surface area is 87.0 Å². The number of hydrogen-bond donors (Lipinski definition) is 1. The van der Waals surface area contributed by atoms with Crippen molar-refractivity contribution in [1.29, 1.82) is 10.5 Å². The number of nitrogens with two attached hydrogens (primary N) is 1. The Bertz CT molecular complexity index is 615. The highest BCUT2D eigenvalue weighted by Crippen LogP contribution is 2.26. The molecule has 0 unspecified atom stereocenters. The molecule has 2 rings (SSSR count). The van der Waals surface area contributed by atoms with Gasteiger partial charge in [-0.15, -0.1) is 0 Å². The molecule has 70 valence electrons. The third-order valence-electron chi connectivity index (χ3n) is 2.30. The summed E-state index contributed by atoms with van der Waals surface area (Å²) in [6, 6.07) is 13.1. The lowest BCUT2D eigenvalue weighted by molar-refractivity contribution is 1.45. The number of benzene rings is 2. The number of hydrogen-bond acceptors (Lipinski definition) is 3. The third-order valence-corrected chi connectivity index (χ3v) is 2.30. The summed E-state index contributed by atoms with van der Waals surface area (Å²) in [6.45, 7) is 0. The van der Waals surface area contributed by atoms with E-state index in [2.05, 4.69) is 0 Å². The summed E-state index contributed by atoms with van der Waals surface area (Å²) in [5.74, 6) is 0. The van der Waals surface area contributed by atoms with Crippen molar-refractivity contribution in [3.05, 3.63) is 41.5 Å². The maximum atomic E-state index is 9.02. The number of rotatable bonds is 0. The van der Waals surface area contributed by atoms with Crippen molar-refractivity contribution in [1.82, 2.24) is 0 Å². The highest BCUT2D eigenvalue weighted by molar-refractivity contribution is 5.93. The first-order valence-electron chi connectivity index (χ1n) is 4.39. The standard InChI is InChI=1S/C12H7N3/c13-6-10-9-4-2-1-3-8(9)5-12(15)11(10)7-14/h1-5H,15H2. The summed E-state index contributed by atoms with van der Waals surface area (Å²) in [6.07, 6.45) is 0. The molecule has 0 radical (unpaired) electrons. The number of nitriles is 2. The van der Waals surface area contributed by atoms with Gasteiger partial charge in [0.15, 0.2) is 0 Å². The average molecular weight is 193 g/mol. The zero-order valence-electron chi connectivity index (χ0n) is 7.86. The fraction of sp³-hybridized carbons (Fsp3) is 0. The maximum Gasteiger partial charge on any atom is 0.103 e. The Morgan fingerprint density at radius 1 is 1.00 bits per heavy atom. The first-order chi connectivity index (χ1) is 7.27. The van der Waals surface area contributed by atoms with Crippen molar-refractivity contribution in [2.45, 2.75) is 0 Å². The van der Waals surface area contributed by atoms with Gasteiger partial charge in [-0.25, -0.2) is 0 Å². The van der Waals surface area contributed by atoms with E-state index in [-0.39, 0.29) is 5.56 Å². The molecule has 2 aromatic rings. The van der Waals surface area contributed by atoms with E-state index in [9.17, 15) is 0 Å². The number of nitrogen functional groups attached to an aromatic ring is 1. The van der Waals surface area contributed by atoms with E-state index in [0.29, 0.717) is 11.3 Å². The number of anilines is 1. The van der Waals surface area contributed by atoms with Crippen molar-refractivity contribution in [2.75, 3.05) is 5.73 Å². The van der Waals surface area contributed by atoms with Crippen LogP contribution in [0.5, 0.6) is 0 Å². The van der Waals surface area contributed by atoms with Crippen LogP contribution in [0.4, 0.5) is 5.69 Å². The van der Waals surface area contributed by atoms with Crippen molar-refractivity contribution < 1.29 is 0 Å². The van der Waals surface area contributed by atoms with Gasteiger partial charge in [0.1, 0.15) is 12.1 Å². The Kier molecular flexibility index (Phi) is 2.00. The van der Waals surface area contributed by atoms with E-state index in [4.69, 9.17) is 16.3 Å². The van der Waals surface area contributed by atoms with Gasteiger partial charge in [-0.2, -0.15) is 10.5 Å². The summed E-state index contributed by atoms with van der Waals surface area (Å²) >= 11 is 0. The van der Waals surface area contributed by atoms with E-state index in [1.165, 1.54) is 0 Å². The molecule has 0 saturated carbocycles. The molecular formula is C12H7N3. The van der Waals surface area contributed by atoms with Crippen LogP contribution in [0.2, 0.25) is 0 Å². The zero-order valence-corrected chi connectivity index (χ0v) is 7.86. The van der Waals surface area contributed by atoms with Gasteiger partial charge in [-0.3, -0.25) is 0 Å². The minimum atomic E-state index is 0.260. The highest BCUT2D eigenvalue weighted by Gasteiger charge is 2.10. The van der Waals surface area contributed by atoms with E-state index < -0.39 is 0 Å². The SMILES string of the molecule is N#Cc1c(N)cc2ccccc2c1C#N. The maximum absolute atomic E-state index is 9.02. The van der Waals surface area contributed by atoms with Gasteiger partial charge in [-0.05, 0) is 11.5 Å². The van der Waals surface area contributed by atoms with Gasteiger partial charge >= 0.3 is 0 Å². The van der Waals surface area contributed by atoms with Gasteiger partial charge < -0.3 is 5.73 Å². The Balaban J connectivity index is 3.01. The normalized spacial score (nSPS) is 9.47. The van der Waals surface area contributed by atoms with Crippen LogP contribution in [0.1, 0.15) is 11.1 Å². The fourth-order valence-electron chi connectivity index (χ4n) is 1.61. The second kappa shape index (κ2) is 3.32. The van der Waals surface area contributed by atoms with Crippen LogP contribution in [0, 0.1) is 22.7 Å². The van der Waals surface area contributed by atoms with Crippen LogP contribution >= 0.6 is 0 Å². The molecule has 3 heteroatoms. The lowest BCUT2D eigenvalue weighted by Crippen LogP contribution is -1.95. The molecule has 0 atom stereocenters. The molecule has 0 aliphatic carbocycles. The topological polar surface area (TPSA) is 73.6 Å². The number of nitrogens with zero attached hydrogens (tertiary/aromatic N) is 2. The highest BCUT2D eigenvalue weighted by atomic mass is 14.6. The smallest absolute Gasteiger partial charge is 0.103 e. The zero-order chi connectivity index (χ0) is 10.8. The van der Waals surface area contributed by atoms with E-state index in [1.807, 2.05) is 36.4 Å². The molecule has 15 heavy (non-hydrogen) atoms. The predicted molar refractivity (Wildman–Crippen MR) is 57.8 cm³/mol. The van der Waals surface area contributed by atoms with E-state index in [1.54, 1.807) is 6.07 Å². The summed E-state index contributed by atoms with van der Waals surface area (Å²) in [5.41, 5.74) is 6.67. The third kappa shape index (κ3) is 1.27. The molecule has 0 heterocycles. The molecule has 0 amide bonds. The second-order valence-electron chi connectivity index (χ2n) is 3.16. The summed E-state index contributed by atoms with van der Waals surface area (Å²) < 4.78 is 0. The van der Waals surface area contributed by atoms with Crippen molar-refractivity contribution in [3.8, 4) is 12.1 Å². The predicted octanol–water partition coefficient (Wildman–Crippen LogP) is 2.17. The molecule has 0 aliphatic heterocycles. The second-order valence-corrected chi connectivity index (χ2v) is 3.16. The molecule has 2 N–H and O–H groups in total. The van der Waals surface area contributed by atoms with Crippen LogP contribution in [0.25, 0.3) is 10.8 Å². The minimum absolute atomic E-state index is 0.260. The first-order valence-corrected chi connectivity index (χ1v) is 4.39. The van der Waals surface area contributed by atoms with Gasteiger partial charge in [0.2, 0.25) is 0 Å². The monoisotopic (exact) mass is 193 g/mol. The molecule has 0 spiro atoms. The van der Waals surface area contributed by atoms with Crippen LogP contribution in [-0.4, -0.2) is 0 Å². The van der Waals surface area contributed by atoms with Gasteiger partial charge in [0.25, 0.3) is 0 Å². The van der Waals surface area contributed by atoms with Gasteiger partial charge in [-0.1, -0.05) is 24.3 Å². The average Bonchev–Trinajstić information content (AvgIpc) is 2.27. The molecule has 2 aromatic carbocycles. The van der Waals surface area contributed by atoms with E-state index >= 15 is 0 Å². The quantitative estimate of drug-likeness (QED) is 0.651. The lowest BCUT2D eigenvalue weighted by atomic mass is 9.99. The molecule has 0 bridgehead atoms. The Morgan fingerprint density at radius 2 is 1.67 bits per heavy atom. The van der Waals surface area contributed by atoms with E-state index in [0.717, 1.165) is 10.8 Å². The van der Waals surface area contributed by atoms with Gasteiger partial charge in [0, 0.05) is 5.39 Å². The summed E-state index contributed by atoms with van der Waals surface area (Å²) in [7, 11) is 0. The van der Waals surface area contributed by atoms with Crippen LogP contribution in [0.3, 0.4) is 0 Å². The van der Waals surface area contributed by atoms with Crippen LogP contribution in [-0.2, 0) is 0 Å². The first kappa shape index (κ1) is 9.05. The number of fused-ring (bicyclic) bond motifs is 1. The van der Waals surface area contributed by atoms with Gasteiger partial charge in [0.05, 0.1) is 16.8 Å². The largest absolute Gasteiger partial charge is 0.398 e. The van der Waals surface area contributed by atoms with Crippen molar-refractivity contribution in [2.24, 2.45) is 0 Å². The molecule has 0 aliphatic rings. The van der Waals surface area contributed by atoms with Crippen LogP contribution in [0.15, 0.2) is 30.3 Å². The minimum Gasteiger partial charge on any atom is -0.398 e. The summed E-state index contributed by atoms with van der Waals surface area (Å²) in [5, 5.41) is 19.6. The lowest BCUT2D eigenvalue weighted by Gasteiger charge is -2.04. The molecule has 0 aromatic heterocycles.